The lowest BCUT2D eigenvalue weighted by Gasteiger charge is -2.33. The quantitative estimate of drug-likeness (QED) is 0.870. The summed E-state index contributed by atoms with van der Waals surface area (Å²) in [7, 11) is -6.96. The van der Waals surface area contributed by atoms with Gasteiger partial charge in [-0.1, -0.05) is 6.42 Å². The van der Waals surface area contributed by atoms with Gasteiger partial charge >= 0.3 is 0 Å². The van der Waals surface area contributed by atoms with Gasteiger partial charge in [-0.2, -0.15) is 4.31 Å². The Hall–Kier alpha value is -0.960. The molecule has 0 bridgehead atoms. The number of benzene rings is 1. The topological polar surface area (TPSA) is 97.5 Å². The fourth-order valence-electron chi connectivity index (χ4n) is 2.52. The standard InChI is InChI=1S/C13H20N2O4S2/c1-20(16,17)12-5-7-13(8-6-12)21(18,19)15-9-3-2-4-11(15)10-14/h5-8,11H,2-4,9-10,14H2,1H3. The van der Waals surface area contributed by atoms with Crippen LogP contribution in [-0.4, -0.2) is 46.5 Å². The highest BCUT2D eigenvalue weighted by atomic mass is 32.2. The SMILES string of the molecule is CS(=O)(=O)c1ccc(S(=O)(=O)N2CCCCC2CN)cc1. The molecule has 0 radical (unpaired) electrons. The van der Waals surface area contributed by atoms with Crippen molar-refractivity contribution in [1.29, 1.82) is 0 Å². The van der Waals surface area contributed by atoms with E-state index >= 15 is 0 Å². The van der Waals surface area contributed by atoms with Crippen molar-refractivity contribution in [2.24, 2.45) is 5.73 Å². The molecule has 6 nitrogen and oxygen atoms in total. The largest absolute Gasteiger partial charge is 0.329 e. The normalized spacial score (nSPS) is 21.3. The molecule has 1 atom stereocenters. The van der Waals surface area contributed by atoms with Gasteiger partial charge in [-0.15, -0.1) is 0 Å². The van der Waals surface area contributed by atoms with Crippen LogP contribution in [0.3, 0.4) is 0 Å². The first-order valence-corrected chi connectivity index (χ1v) is 10.1. The predicted octanol–water partition coefficient (Wildman–Crippen LogP) is 0.592. The van der Waals surface area contributed by atoms with Gasteiger partial charge < -0.3 is 5.73 Å². The van der Waals surface area contributed by atoms with Crippen molar-refractivity contribution in [1.82, 2.24) is 4.31 Å². The Balaban J connectivity index is 2.35. The van der Waals surface area contributed by atoms with Crippen LogP contribution in [-0.2, 0) is 19.9 Å². The monoisotopic (exact) mass is 332 g/mol. The highest BCUT2D eigenvalue weighted by Crippen LogP contribution is 2.25. The zero-order valence-electron chi connectivity index (χ0n) is 11.9. The van der Waals surface area contributed by atoms with E-state index in [1.807, 2.05) is 0 Å². The van der Waals surface area contributed by atoms with E-state index in [4.69, 9.17) is 5.73 Å². The maximum absolute atomic E-state index is 12.6. The van der Waals surface area contributed by atoms with E-state index in [1.54, 1.807) is 0 Å². The Kier molecular flexibility index (Phi) is 4.72. The van der Waals surface area contributed by atoms with E-state index < -0.39 is 19.9 Å². The number of nitrogens with zero attached hydrogens (tertiary/aromatic N) is 1. The highest BCUT2D eigenvalue weighted by molar-refractivity contribution is 7.90. The van der Waals surface area contributed by atoms with E-state index in [1.165, 1.54) is 28.6 Å². The molecule has 0 saturated carbocycles. The molecule has 0 amide bonds. The van der Waals surface area contributed by atoms with Gasteiger partial charge in [-0.3, -0.25) is 0 Å². The fraction of sp³-hybridized carbons (Fsp3) is 0.538. The molecular formula is C13H20N2O4S2. The molecule has 1 aromatic carbocycles. The first kappa shape index (κ1) is 16.4. The molecule has 21 heavy (non-hydrogen) atoms. The van der Waals surface area contributed by atoms with Crippen molar-refractivity contribution in [3.05, 3.63) is 24.3 Å². The molecule has 1 heterocycles. The number of hydrogen-bond acceptors (Lipinski definition) is 5. The van der Waals surface area contributed by atoms with Crippen LogP contribution < -0.4 is 5.73 Å². The Morgan fingerprint density at radius 3 is 2.19 bits per heavy atom. The number of nitrogens with two attached hydrogens (primary N) is 1. The minimum atomic E-state index is -3.63. The van der Waals surface area contributed by atoms with Crippen LogP contribution in [0.4, 0.5) is 0 Å². The van der Waals surface area contributed by atoms with Crippen LogP contribution in [0.15, 0.2) is 34.1 Å². The molecule has 0 spiro atoms. The summed E-state index contributed by atoms with van der Waals surface area (Å²) >= 11 is 0. The van der Waals surface area contributed by atoms with Crippen molar-refractivity contribution in [3.8, 4) is 0 Å². The first-order chi connectivity index (χ1) is 9.76. The Morgan fingerprint density at radius 2 is 1.67 bits per heavy atom. The third-order valence-corrected chi connectivity index (χ3v) is 6.80. The summed E-state index contributed by atoms with van der Waals surface area (Å²) in [5, 5.41) is 0. The Morgan fingerprint density at radius 1 is 1.10 bits per heavy atom. The van der Waals surface area contributed by atoms with Crippen molar-refractivity contribution >= 4 is 19.9 Å². The molecule has 1 unspecified atom stereocenters. The molecule has 118 valence electrons. The molecule has 1 fully saturated rings. The average molecular weight is 332 g/mol. The van der Waals surface area contributed by atoms with E-state index in [2.05, 4.69) is 0 Å². The number of piperidine rings is 1. The van der Waals surface area contributed by atoms with Gasteiger partial charge in [0.25, 0.3) is 0 Å². The summed E-state index contributed by atoms with van der Waals surface area (Å²) in [5.41, 5.74) is 5.66. The van der Waals surface area contributed by atoms with E-state index in [-0.39, 0.29) is 15.8 Å². The second-order valence-electron chi connectivity index (χ2n) is 5.24. The van der Waals surface area contributed by atoms with Crippen LogP contribution in [0.2, 0.25) is 0 Å². The van der Waals surface area contributed by atoms with Crippen LogP contribution in [0.1, 0.15) is 19.3 Å². The summed E-state index contributed by atoms with van der Waals surface area (Å²) in [6, 6.07) is 5.15. The molecule has 0 aromatic heterocycles. The summed E-state index contributed by atoms with van der Waals surface area (Å²) < 4.78 is 49.5. The third kappa shape index (κ3) is 3.45. The molecule has 1 aliphatic heterocycles. The number of rotatable bonds is 4. The second-order valence-corrected chi connectivity index (χ2v) is 9.15. The van der Waals surface area contributed by atoms with Crippen molar-refractivity contribution in [2.45, 2.75) is 35.1 Å². The van der Waals surface area contributed by atoms with Crippen molar-refractivity contribution in [3.63, 3.8) is 0 Å². The Labute approximate surface area is 125 Å². The maximum Gasteiger partial charge on any atom is 0.243 e. The van der Waals surface area contributed by atoms with E-state index in [0.717, 1.165) is 25.5 Å². The predicted molar refractivity (Wildman–Crippen MR) is 80.1 cm³/mol. The Bertz CT molecular complexity index is 696. The lowest BCUT2D eigenvalue weighted by atomic mass is 10.1. The summed E-state index contributed by atoms with van der Waals surface area (Å²) in [6.45, 7) is 0.749. The first-order valence-electron chi connectivity index (χ1n) is 6.79. The summed E-state index contributed by atoms with van der Waals surface area (Å²) in [6.07, 6.45) is 3.64. The van der Waals surface area contributed by atoms with Gasteiger partial charge in [-0.25, -0.2) is 16.8 Å². The van der Waals surface area contributed by atoms with Crippen LogP contribution in [0.25, 0.3) is 0 Å². The van der Waals surface area contributed by atoms with Gasteiger partial charge in [0, 0.05) is 25.4 Å². The lowest BCUT2D eigenvalue weighted by molar-refractivity contribution is 0.257. The molecule has 1 saturated heterocycles. The fourth-order valence-corrected chi connectivity index (χ4v) is 4.85. The van der Waals surface area contributed by atoms with Crippen LogP contribution in [0, 0.1) is 0 Å². The minimum Gasteiger partial charge on any atom is -0.329 e. The zero-order chi connectivity index (χ0) is 15.7. The molecule has 8 heteroatoms. The maximum atomic E-state index is 12.6. The van der Waals surface area contributed by atoms with Crippen molar-refractivity contribution in [2.75, 3.05) is 19.3 Å². The van der Waals surface area contributed by atoms with Crippen LogP contribution in [0.5, 0.6) is 0 Å². The molecule has 0 aliphatic carbocycles. The average Bonchev–Trinajstić information content (AvgIpc) is 2.46. The van der Waals surface area contributed by atoms with Gasteiger partial charge in [0.05, 0.1) is 9.79 Å². The summed E-state index contributed by atoms with van der Waals surface area (Å²) in [5.74, 6) is 0. The summed E-state index contributed by atoms with van der Waals surface area (Å²) in [4.78, 5) is 0.214. The molecule has 1 aromatic rings. The minimum absolute atomic E-state index is 0.107. The molecular weight excluding hydrogens is 312 g/mol. The van der Waals surface area contributed by atoms with E-state index in [9.17, 15) is 16.8 Å². The van der Waals surface area contributed by atoms with Gasteiger partial charge in [-0.05, 0) is 37.1 Å². The lowest BCUT2D eigenvalue weighted by Crippen LogP contribution is -2.47. The van der Waals surface area contributed by atoms with Gasteiger partial charge in [0.1, 0.15) is 0 Å². The molecule has 1 aliphatic rings. The zero-order valence-corrected chi connectivity index (χ0v) is 13.5. The molecule has 2 N–H and O–H groups in total. The van der Waals surface area contributed by atoms with Gasteiger partial charge in [0.2, 0.25) is 10.0 Å². The number of sulfone groups is 1. The van der Waals surface area contributed by atoms with E-state index in [0.29, 0.717) is 13.1 Å². The van der Waals surface area contributed by atoms with Crippen LogP contribution >= 0.6 is 0 Å². The number of sulfonamides is 1. The third-order valence-electron chi connectivity index (χ3n) is 3.70. The molecule has 2 rings (SSSR count). The highest BCUT2D eigenvalue weighted by Gasteiger charge is 2.32. The smallest absolute Gasteiger partial charge is 0.243 e. The number of hydrogen-bond donors (Lipinski definition) is 1. The second kappa shape index (κ2) is 6.04. The van der Waals surface area contributed by atoms with Gasteiger partial charge in [0.15, 0.2) is 9.84 Å². The van der Waals surface area contributed by atoms with Crippen molar-refractivity contribution < 1.29 is 16.8 Å².